The average Bonchev–Trinajstić information content (AvgIpc) is 2.36. The van der Waals surface area contributed by atoms with Crippen molar-refractivity contribution in [3.05, 3.63) is 33.8 Å². The van der Waals surface area contributed by atoms with Gasteiger partial charge in [-0.25, -0.2) is 0 Å². The summed E-state index contributed by atoms with van der Waals surface area (Å²) in [7, 11) is 0. The largest absolute Gasteiger partial charge is 0.339 e. The Morgan fingerprint density at radius 3 is 2.55 bits per heavy atom. The van der Waals surface area contributed by atoms with Crippen LogP contribution in [-0.4, -0.2) is 29.3 Å². The molecule has 0 spiro atoms. The van der Waals surface area contributed by atoms with Gasteiger partial charge in [-0.2, -0.15) is 0 Å². The molecule has 0 aromatic heterocycles. The molecule has 1 saturated carbocycles. The second-order valence-corrected chi connectivity index (χ2v) is 6.33. The van der Waals surface area contributed by atoms with Gasteiger partial charge in [0.25, 0.3) is 0 Å². The van der Waals surface area contributed by atoms with E-state index in [0.29, 0.717) is 28.4 Å². The summed E-state index contributed by atoms with van der Waals surface area (Å²) in [5.41, 5.74) is 0.902. The molecule has 1 aromatic carbocycles. The molecule has 5 heteroatoms. The Hall–Kier alpha value is -0.440. The minimum Gasteiger partial charge on any atom is -0.339 e. The fourth-order valence-electron chi connectivity index (χ4n) is 2.37. The van der Waals surface area contributed by atoms with Crippen LogP contribution in [0.15, 0.2) is 18.2 Å². The second kappa shape index (κ2) is 7.53. The van der Waals surface area contributed by atoms with E-state index < -0.39 is 0 Å². The molecule has 0 atom stereocenters. The minimum atomic E-state index is 0.151. The number of nitrogens with zero attached hydrogens (tertiary/aromatic N) is 1. The number of alkyl halides is 1. The van der Waals surface area contributed by atoms with E-state index in [2.05, 4.69) is 0 Å². The molecular weight excluding hydrogens is 317 g/mol. The smallest absolute Gasteiger partial charge is 0.227 e. The van der Waals surface area contributed by atoms with E-state index in [0.717, 1.165) is 31.4 Å². The molecule has 0 bridgehead atoms. The number of hydrogen-bond donors (Lipinski definition) is 0. The number of rotatable bonds is 6. The highest BCUT2D eigenvalue weighted by molar-refractivity contribution is 6.42. The lowest BCUT2D eigenvalue weighted by Gasteiger charge is -2.37. The molecule has 2 rings (SSSR count). The van der Waals surface area contributed by atoms with Gasteiger partial charge in [0.1, 0.15) is 0 Å². The Kier molecular flexibility index (Phi) is 6.01. The van der Waals surface area contributed by atoms with E-state index in [1.165, 1.54) is 6.42 Å². The van der Waals surface area contributed by atoms with Crippen LogP contribution >= 0.6 is 34.8 Å². The summed E-state index contributed by atoms with van der Waals surface area (Å²) in [5, 5.41) is 1.01. The fourth-order valence-corrected chi connectivity index (χ4v) is 2.81. The Bertz CT molecular complexity index is 474. The van der Waals surface area contributed by atoms with Crippen LogP contribution in [0.1, 0.15) is 31.2 Å². The lowest BCUT2D eigenvalue weighted by Crippen LogP contribution is -2.45. The minimum absolute atomic E-state index is 0.151. The number of carbonyl (C=O) groups is 1. The first-order valence-corrected chi connectivity index (χ1v) is 8.20. The van der Waals surface area contributed by atoms with Gasteiger partial charge < -0.3 is 4.90 Å². The zero-order valence-electron chi connectivity index (χ0n) is 11.2. The first-order valence-electron chi connectivity index (χ1n) is 6.91. The lowest BCUT2D eigenvalue weighted by atomic mass is 9.91. The van der Waals surface area contributed by atoms with Gasteiger partial charge in [0.2, 0.25) is 5.91 Å². The Labute approximate surface area is 135 Å². The number of amides is 1. The number of carbonyl (C=O) groups excluding carboxylic acids is 1. The third-order valence-electron chi connectivity index (χ3n) is 3.71. The zero-order valence-corrected chi connectivity index (χ0v) is 13.5. The summed E-state index contributed by atoms with van der Waals surface area (Å²) in [4.78, 5) is 14.4. The van der Waals surface area contributed by atoms with Gasteiger partial charge in [0, 0.05) is 18.5 Å². The summed E-state index contributed by atoms with van der Waals surface area (Å²) in [6, 6.07) is 5.75. The fraction of sp³-hybridized carbons (Fsp3) is 0.533. The van der Waals surface area contributed by atoms with Crippen LogP contribution in [0.2, 0.25) is 10.0 Å². The van der Waals surface area contributed by atoms with Crippen LogP contribution < -0.4 is 0 Å². The van der Waals surface area contributed by atoms with Crippen LogP contribution in [0.5, 0.6) is 0 Å². The van der Waals surface area contributed by atoms with E-state index in [1.54, 1.807) is 12.1 Å². The van der Waals surface area contributed by atoms with Crippen molar-refractivity contribution in [2.75, 3.05) is 12.4 Å². The highest BCUT2D eigenvalue weighted by Crippen LogP contribution is 2.27. The molecule has 0 unspecified atom stereocenters. The van der Waals surface area contributed by atoms with Crippen LogP contribution in [-0.2, 0) is 11.2 Å². The van der Waals surface area contributed by atoms with Gasteiger partial charge in [0.15, 0.2) is 0 Å². The number of benzene rings is 1. The monoisotopic (exact) mass is 333 g/mol. The van der Waals surface area contributed by atoms with Gasteiger partial charge in [0.05, 0.1) is 16.5 Å². The number of hydrogen-bond acceptors (Lipinski definition) is 1. The molecule has 0 aliphatic heterocycles. The molecule has 0 heterocycles. The molecule has 1 fully saturated rings. The molecule has 0 N–H and O–H groups in total. The number of halogens is 3. The van der Waals surface area contributed by atoms with Crippen LogP contribution in [0.4, 0.5) is 0 Å². The van der Waals surface area contributed by atoms with Crippen molar-refractivity contribution < 1.29 is 4.79 Å². The molecule has 1 aliphatic carbocycles. The summed E-state index contributed by atoms with van der Waals surface area (Å²) in [6.07, 6.45) is 4.63. The molecule has 2 nitrogen and oxygen atoms in total. The highest BCUT2D eigenvalue weighted by Gasteiger charge is 2.28. The first kappa shape index (κ1) is 15.9. The topological polar surface area (TPSA) is 20.3 Å². The lowest BCUT2D eigenvalue weighted by molar-refractivity contribution is -0.134. The van der Waals surface area contributed by atoms with Crippen LogP contribution in [0.25, 0.3) is 0 Å². The molecule has 110 valence electrons. The molecule has 1 aliphatic rings. The maximum absolute atomic E-state index is 12.5. The van der Waals surface area contributed by atoms with Crippen molar-refractivity contribution >= 4 is 40.7 Å². The second-order valence-electron chi connectivity index (χ2n) is 5.14. The normalized spacial score (nSPS) is 14.9. The average molecular weight is 335 g/mol. The van der Waals surface area contributed by atoms with Gasteiger partial charge in [-0.05, 0) is 43.4 Å². The molecule has 0 saturated heterocycles. The summed E-state index contributed by atoms with van der Waals surface area (Å²) >= 11 is 17.6. The first-order chi connectivity index (χ1) is 9.61. The molecule has 0 radical (unpaired) electrons. The van der Waals surface area contributed by atoms with Gasteiger partial charge in [-0.15, -0.1) is 11.6 Å². The third-order valence-corrected chi connectivity index (χ3v) is 4.71. The summed E-state index contributed by atoms with van der Waals surface area (Å²) in [5.74, 6) is 0.738. The molecule has 20 heavy (non-hydrogen) atoms. The molecule has 1 amide bonds. The predicted molar refractivity (Wildman–Crippen MR) is 84.9 cm³/mol. The van der Waals surface area contributed by atoms with E-state index in [1.807, 2.05) is 11.0 Å². The Morgan fingerprint density at radius 2 is 2.00 bits per heavy atom. The third kappa shape index (κ3) is 4.03. The van der Waals surface area contributed by atoms with Crippen LogP contribution in [0, 0.1) is 0 Å². The van der Waals surface area contributed by atoms with E-state index in [-0.39, 0.29) is 5.91 Å². The zero-order chi connectivity index (χ0) is 14.5. The van der Waals surface area contributed by atoms with Crippen molar-refractivity contribution in [1.29, 1.82) is 0 Å². The molecular formula is C15H18Cl3NO. The maximum Gasteiger partial charge on any atom is 0.227 e. The van der Waals surface area contributed by atoms with Crippen molar-refractivity contribution in [2.45, 2.75) is 38.1 Å². The predicted octanol–water partition coefficient (Wildman–Crippen LogP) is 4.55. The van der Waals surface area contributed by atoms with Crippen molar-refractivity contribution in [3.63, 3.8) is 0 Å². The summed E-state index contributed by atoms with van der Waals surface area (Å²) in [6.45, 7) is 0.744. The SMILES string of the molecule is O=C(Cc1ccc(Cl)c(Cl)c1)N(CCCCl)C1CCC1. The van der Waals surface area contributed by atoms with Gasteiger partial charge >= 0.3 is 0 Å². The van der Waals surface area contributed by atoms with Gasteiger partial charge in [-0.1, -0.05) is 29.3 Å². The summed E-state index contributed by atoms with van der Waals surface area (Å²) < 4.78 is 0. The van der Waals surface area contributed by atoms with Crippen LogP contribution in [0.3, 0.4) is 0 Å². The van der Waals surface area contributed by atoms with Crippen molar-refractivity contribution in [1.82, 2.24) is 4.90 Å². The van der Waals surface area contributed by atoms with E-state index >= 15 is 0 Å². The highest BCUT2D eigenvalue weighted by atomic mass is 35.5. The standard InChI is InChI=1S/C15H18Cl3NO/c16-7-2-8-19(12-3-1-4-12)15(20)10-11-5-6-13(17)14(18)9-11/h5-6,9,12H,1-4,7-8,10H2. The van der Waals surface area contributed by atoms with E-state index in [9.17, 15) is 4.79 Å². The Balaban J connectivity index is 2.01. The Morgan fingerprint density at radius 1 is 1.25 bits per heavy atom. The van der Waals surface area contributed by atoms with Crippen molar-refractivity contribution in [2.24, 2.45) is 0 Å². The van der Waals surface area contributed by atoms with E-state index in [4.69, 9.17) is 34.8 Å². The van der Waals surface area contributed by atoms with Crippen molar-refractivity contribution in [3.8, 4) is 0 Å². The quantitative estimate of drug-likeness (QED) is 0.699. The van der Waals surface area contributed by atoms with Gasteiger partial charge in [-0.3, -0.25) is 4.79 Å². The maximum atomic E-state index is 12.5. The molecule has 1 aromatic rings.